The number of hydrogen-bond donors (Lipinski definition) is 2. The largest absolute Gasteiger partial charge is 0.481 e. The average molecular weight is 308 g/mol. The van der Waals surface area contributed by atoms with Gasteiger partial charge in [-0.05, 0) is 18.2 Å². The van der Waals surface area contributed by atoms with Crippen molar-refractivity contribution < 1.29 is 15.0 Å². The highest BCUT2D eigenvalue weighted by molar-refractivity contribution is 5.79. The Bertz CT molecular complexity index is 1020. The van der Waals surface area contributed by atoms with Crippen LogP contribution in [-0.2, 0) is 10.4 Å². The Morgan fingerprint density at radius 1 is 1.13 bits per heavy atom. The van der Waals surface area contributed by atoms with Gasteiger partial charge in [0.05, 0.1) is 23.0 Å². The van der Waals surface area contributed by atoms with Crippen LogP contribution in [0.4, 0.5) is 0 Å². The van der Waals surface area contributed by atoms with Gasteiger partial charge in [0.15, 0.2) is 11.4 Å². The maximum Gasteiger partial charge on any atom is 0.307 e. The van der Waals surface area contributed by atoms with Crippen LogP contribution in [0.3, 0.4) is 0 Å². The van der Waals surface area contributed by atoms with E-state index in [1.165, 1.54) is 4.57 Å². The van der Waals surface area contributed by atoms with Crippen molar-refractivity contribution in [1.29, 1.82) is 0 Å². The van der Waals surface area contributed by atoms with Gasteiger partial charge >= 0.3 is 5.97 Å². The summed E-state index contributed by atoms with van der Waals surface area (Å²) in [5, 5.41) is 20.7. The van der Waals surface area contributed by atoms with Crippen LogP contribution < -0.4 is 5.56 Å². The van der Waals surface area contributed by atoms with Crippen molar-refractivity contribution >= 4 is 16.9 Å². The summed E-state index contributed by atoms with van der Waals surface area (Å²) in [7, 11) is 0. The molecule has 2 aromatic carbocycles. The second kappa shape index (κ2) is 4.50. The molecule has 0 spiro atoms. The number of aromatic nitrogens is 2. The number of hydrogen-bond acceptors (Lipinski definition) is 4. The molecule has 0 amide bonds. The molecule has 4 rings (SSSR count). The Balaban J connectivity index is 2.16. The lowest BCUT2D eigenvalue weighted by molar-refractivity contribution is -0.141. The summed E-state index contributed by atoms with van der Waals surface area (Å²) >= 11 is 0. The minimum atomic E-state index is -1.83. The topological polar surface area (TPSA) is 92.4 Å². The van der Waals surface area contributed by atoms with Crippen molar-refractivity contribution in [3.8, 4) is 5.69 Å². The third-order valence-corrected chi connectivity index (χ3v) is 4.14. The third-order valence-electron chi connectivity index (χ3n) is 4.14. The van der Waals surface area contributed by atoms with Gasteiger partial charge in [0.2, 0.25) is 0 Å². The van der Waals surface area contributed by atoms with E-state index in [2.05, 4.69) is 4.98 Å². The van der Waals surface area contributed by atoms with Crippen LogP contribution in [0.25, 0.3) is 16.6 Å². The Kier molecular flexibility index (Phi) is 2.67. The van der Waals surface area contributed by atoms with E-state index in [0.717, 1.165) is 0 Å². The lowest BCUT2D eigenvalue weighted by Crippen LogP contribution is -2.32. The van der Waals surface area contributed by atoms with Crippen LogP contribution in [0.2, 0.25) is 0 Å². The van der Waals surface area contributed by atoms with Crippen molar-refractivity contribution in [1.82, 2.24) is 9.55 Å². The van der Waals surface area contributed by atoms with Crippen LogP contribution in [-0.4, -0.2) is 25.7 Å². The Morgan fingerprint density at radius 2 is 1.83 bits per heavy atom. The first-order valence-electron chi connectivity index (χ1n) is 7.09. The van der Waals surface area contributed by atoms with E-state index in [-0.39, 0.29) is 11.4 Å². The average Bonchev–Trinajstić information content (AvgIpc) is 2.77. The highest BCUT2D eigenvalue weighted by Crippen LogP contribution is 2.41. The van der Waals surface area contributed by atoms with Crippen LogP contribution in [0.15, 0.2) is 53.3 Å². The van der Waals surface area contributed by atoms with E-state index in [4.69, 9.17) is 0 Å². The highest BCUT2D eigenvalue weighted by Gasteiger charge is 2.46. The van der Waals surface area contributed by atoms with Gasteiger partial charge in [-0.15, -0.1) is 0 Å². The van der Waals surface area contributed by atoms with Crippen LogP contribution in [0.1, 0.15) is 17.8 Å². The van der Waals surface area contributed by atoms with E-state index < -0.39 is 18.0 Å². The lowest BCUT2D eigenvalue weighted by Gasteiger charge is -2.21. The summed E-state index contributed by atoms with van der Waals surface area (Å²) in [5.41, 5.74) is -0.873. The Morgan fingerprint density at radius 3 is 2.61 bits per heavy atom. The minimum Gasteiger partial charge on any atom is -0.481 e. The van der Waals surface area contributed by atoms with Crippen molar-refractivity contribution in [3.63, 3.8) is 0 Å². The predicted octanol–water partition coefficient (Wildman–Crippen LogP) is 1.41. The maximum absolute atomic E-state index is 12.8. The SMILES string of the molecule is O=C(O)C[C@@]1(O)c2ccccc2-n2c1nc1ccccc1c2=O. The second-order valence-corrected chi connectivity index (χ2v) is 5.54. The number of aliphatic hydroxyl groups is 1. The molecule has 1 aromatic heterocycles. The summed E-state index contributed by atoms with van der Waals surface area (Å²) in [4.78, 5) is 28.5. The summed E-state index contributed by atoms with van der Waals surface area (Å²) < 4.78 is 1.31. The molecule has 0 unspecified atom stereocenters. The minimum absolute atomic E-state index is 0.0461. The number of para-hydroxylation sites is 2. The number of carbonyl (C=O) groups is 1. The molecule has 2 heterocycles. The number of benzene rings is 2. The Hall–Kier alpha value is -2.99. The fourth-order valence-corrected chi connectivity index (χ4v) is 3.17. The quantitative estimate of drug-likeness (QED) is 0.746. The molecule has 0 radical (unpaired) electrons. The fraction of sp³-hybridized carbons (Fsp3) is 0.118. The van der Waals surface area contributed by atoms with Crippen molar-refractivity contribution in [2.75, 3.05) is 0 Å². The number of fused-ring (bicyclic) bond motifs is 4. The number of carboxylic acid groups (broad SMARTS) is 1. The molecule has 6 heteroatoms. The van der Waals surface area contributed by atoms with E-state index in [1.54, 1.807) is 48.5 Å². The normalized spacial score (nSPS) is 18.7. The van der Waals surface area contributed by atoms with Crippen LogP contribution >= 0.6 is 0 Å². The fourth-order valence-electron chi connectivity index (χ4n) is 3.17. The molecule has 3 aromatic rings. The van der Waals surface area contributed by atoms with Gasteiger partial charge in [0.1, 0.15) is 0 Å². The monoisotopic (exact) mass is 308 g/mol. The van der Waals surface area contributed by atoms with Gasteiger partial charge in [-0.2, -0.15) is 0 Å². The third kappa shape index (κ3) is 1.75. The number of aliphatic carboxylic acids is 1. The smallest absolute Gasteiger partial charge is 0.307 e. The van der Waals surface area contributed by atoms with Crippen molar-refractivity contribution in [2.24, 2.45) is 0 Å². The highest BCUT2D eigenvalue weighted by atomic mass is 16.4. The van der Waals surface area contributed by atoms with Gasteiger partial charge in [0, 0.05) is 5.56 Å². The van der Waals surface area contributed by atoms with Gasteiger partial charge in [-0.3, -0.25) is 14.2 Å². The standard InChI is InChI=1S/C17H12N2O4/c20-14(21)9-17(23)11-6-2-4-8-13(11)19-15(22)10-5-1-3-7-12(10)18-16(17)19/h1-8,23H,9H2,(H,20,21)/t17-/m1/s1. The first-order chi connectivity index (χ1) is 11.0. The molecule has 1 atom stereocenters. The zero-order valence-electron chi connectivity index (χ0n) is 11.9. The van der Waals surface area contributed by atoms with E-state index in [9.17, 15) is 19.8 Å². The summed E-state index contributed by atoms with van der Waals surface area (Å²) in [6, 6.07) is 13.5. The molecule has 6 nitrogen and oxygen atoms in total. The lowest BCUT2D eigenvalue weighted by atomic mass is 9.91. The summed E-state index contributed by atoms with van der Waals surface area (Å²) in [6.07, 6.45) is -0.561. The molecule has 1 aliphatic heterocycles. The van der Waals surface area contributed by atoms with E-state index in [0.29, 0.717) is 22.2 Å². The molecular weight excluding hydrogens is 296 g/mol. The molecule has 0 fully saturated rings. The van der Waals surface area contributed by atoms with Gasteiger partial charge in [0.25, 0.3) is 5.56 Å². The van der Waals surface area contributed by atoms with Crippen LogP contribution in [0.5, 0.6) is 0 Å². The van der Waals surface area contributed by atoms with Crippen LogP contribution in [0, 0.1) is 0 Å². The van der Waals surface area contributed by atoms with E-state index >= 15 is 0 Å². The molecule has 0 bridgehead atoms. The number of carboxylic acids is 1. The zero-order chi connectivity index (χ0) is 16.2. The second-order valence-electron chi connectivity index (χ2n) is 5.54. The molecule has 23 heavy (non-hydrogen) atoms. The molecule has 0 aliphatic carbocycles. The molecule has 114 valence electrons. The van der Waals surface area contributed by atoms with Crippen molar-refractivity contribution in [3.05, 3.63) is 70.3 Å². The van der Waals surface area contributed by atoms with Gasteiger partial charge in [-0.25, -0.2) is 4.98 Å². The molecule has 0 saturated heterocycles. The first kappa shape index (κ1) is 13.7. The van der Waals surface area contributed by atoms with E-state index in [1.807, 2.05) is 0 Å². The van der Waals surface area contributed by atoms with Gasteiger partial charge in [-0.1, -0.05) is 30.3 Å². The maximum atomic E-state index is 12.8. The number of rotatable bonds is 2. The molecule has 0 saturated carbocycles. The molecule has 2 N–H and O–H groups in total. The predicted molar refractivity (Wildman–Crippen MR) is 82.6 cm³/mol. The number of nitrogens with zero attached hydrogens (tertiary/aromatic N) is 2. The molecule has 1 aliphatic rings. The zero-order valence-corrected chi connectivity index (χ0v) is 11.9. The first-order valence-corrected chi connectivity index (χ1v) is 7.09. The summed E-state index contributed by atoms with van der Waals surface area (Å²) in [6.45, 7) is 0. The van der Waals surface area contributed by atoms with Crippen molar-refractivity contribution in [2.45, 2.75) is 12.0 Å². The summed E-state index contributed by atoms with van der Waals surface area (Å²) in [5.74, 6) is -1.12. The van der Waals surface area contributed by atoms with Gasteiger partial charge < -0.3 is 10.2 Å². The molecular formula is C17H12N2O4. The Labute approximate surface area is 130 Å².